The van der Waals surface area contributed by atoms with Gasteiger partial charge in [-0.2, -0.15) is 0 Å². The highest BCUT2D eigenvalue weighted by molar-refractivity contribution is 9.10. The number of nitrogens with one attached hydrogen (secondary N) is 2. The molecule has 0 radical (unpaired) electrons. The summed E-state index contributed by atoms with van der Waals surface area (Å²) in [4.78, 5) is 12.8. The molecule has 0 aliphatic rings. The van der Waals surface area contributed by atoms with E-state index in [4.69, 9.17) is 0 Å². The van der Waals surface area contributed by atoms with Gasteiger partial charge in [0.2, 0.25) is 0 Å². The van der Waals surface area contributed by atoms with Gasteiger partial charge in [0, 0.05) is 9.37 Å². The SMILES string of the molecule is CC(Sc1ccc(Br)cc1)C(=O)NNc1ccc(F)c(F)c1F. The molecule has 122 valence electrons. The molecule has 0 fully saturated rings. The van der Waals surface area contributed by atoms with E-state index in [0.717, 1.165) is 21.5 Å². The van der Waals surface area contributed by atoms with Gasteiger partial charge in [-0.25, -0.2) is 13.2 Å². The van der Waals surface area contributed by atoms with Crippen molar-refractivity contribution in [2.24, 2.45) is 0 Å². The number of carbonyl (C=O) groups excluding carboxylic acids is 1. The number of rotatable bonds is 5. The molecule has 0 aliphatic carbocycles. The molecule has 0 aliphatic heterocycles. The fraction of sp³-hybridized carbons (Fsp3) is 0.133. The Kier molecular flexibility index (Phi) is 5.95. The smallest absolute Gasteiger partial charge is 0.251 e. The van der Waals surface area contributed by atoms with E-state index in [1.165, 1.54) is 11.8 Å². The van der Waals surface area contributed by atoms with E-state index in [-0.39, 0.29) is 5.69 Å². The lowest BCUT2D eigenvalue weighted by Gasteiger charge is -2.14. The van der Waals surface area contributed by atoms with Crippen molar-refractivity contribution >= 4 is 39.3 Å². The molecule has 2 aromatic carbocycles. The number of hydrogen-bond donors (Lipinski definition) is 2. The zero-order valence-electron chi connectivity index (χ0n) is 11.9. The lowest BCUT2D eigenvalue weighted by Crippen LogP contribution is -2.35. The van der Waals surface area contributed by atoms with Crippen molar-refractivity contribution in [3.8, 4) is 0 Å². The average molecular weight is 405 g/mol. The summed E-state index contributed by atoms with van der Waals surface area (Å²) in [6.45, 7) is 1.67. The number of hydrazine groups is 1. The summed E-state index contributed by atoms with van der Waals surface area (Å²) in [6, 6.07) is 9.17. The second-order valence-electron chi connectivity index (χ2n) is 4.55. The standard InChI is InChI=1S/C15H12BrF3N2OS/c1-8(23-10-4-2-9(16)3-5-10)15(22)21-20-12-7-6-11(17)13(18)14(12)19/h2-8,20H,1H3,(H,21,22). The molecule has 0 saturated heterocycles. The van der Waals surface area contributed by atoms with Crippen LogP contribution >= 0.6 is 27.7 Å². The highest BCUT2D eigenvalue weighted by atomic mass is 79.9. The molecule has 23 heavy (non-hydrogen) atoms. The molecule has 1 unspecified atom stereocenters. The fourth-order valence-electron chi connectivity index (χ4n) is 1.62. The third-order valence-corrected chi connectivity index (χ3v) is 4.49. The van der Waals surface area contributed by atoms with Gasteiger partial charge in [-0.3, -0.25) is 15.6 Å². The van der Waals surface area contributed by atoms with Crippen LogP contribution in [0.5, 0.6) is 0 Å². The minimum absolute atomic E-state index is 0.349. The number of benzene rings is 2. The van der Waals surface area contributed by atoms with Gasteiger partial charge in [0.25, 0.3) is 5.91 Å². The van der Waals surface area contributed by atoms with Crippen molar-refractivity contribution in [1.82, 2.24) is 5.43 Å². The molecule has 0 aromatic heterocycles. The molecule has 2 aromatic rings. The number of anilines is 1. The van der Waals surface area contributed by atoms with Crippen molar-refractivity contribution in [3.63, 3.8) is 0 Å². The van der Waals surface area contributed by atoms with Crippen LogP contribution in [0.3, 0.4) is 0 Å². The van der Waals surface area contributed by atoms with E-state index in [0.29, 0.717) is 0 Å². The maximum Gasteiger partial charge on any atom is 0.251 e. The van der Waals surface area contributed by atoms with E-state index in [9.17, 15) is 18.0 Å². The lowest BCUT2D eigenvalue weighted by molar-refractivity contribution is -0.119. The van der Waals surface area contributed by atoms with Crippen LogP contribution in [0.15, 0.2) is 45.8 Å². The molecule has 0 spiro atoms. The third kappa shape index (κ3) is 4.65. The largest absolute Gasteiger partial charge is 0.295 e. The van der Waals surface area contributed by atoms with Crippen LogP contribution in [0.25, 0.3) is 0 Å². The zero-order chi connectivity index (χ0) is 17.0. The Hall–Kier alpha value is -1.67. The van der Waals surface area contributed by atoms with Crippen molar-refractivity contribution < 1.29 is 18.0 Å². The van der Waals surface area contributed by atoms with Gasteiger partial charge in [0.05, 0.1) is 10.9 Å². The topological polar surface area (TPSA) is 41.1 Å². The van der Waals surface area contributed by atoms with Crippen molar-refractivity contribution in [3.05, 3.63) is 58.3 Å². The maximum atomic E-state index is 13.5. The molecule has 0 bridgehead atoms. The zero-order valence-corrected chi connectivity index (χ0v) is 14.3. The number of amides is 1. The normalized spacial score (nSPS) is 11.9. The fourth-order valence-corrected chi connectivity index (χ4v) is 2.76. The van der Waals surface area contributed by atoms with Crippen LogP contribution in [0.2, 0.25) is 0 Å². The van der Waals surface area contributed by atoms with Crippen LogP contribution in [0.4, 0.5) is 18.9 Å². The monoisotopic (exact) mass is 404 g/mol. The van der Waals surface area contributed by atoms with Gasteiger partial charge in [-0.1, -0.05) is 15.9 Å². The van der Waals surface area contributed by atoms with Crippen LogP contribution in [-0.2, 0) is 4.79 Å². The Bertz CT molecular complexity index is 713. The molecule has 3 nitrogen and oxygen atoms in total. The first-order valence-corrected chi connectivity index (χ1v) is 8.17. The summed E-state index contributed by atoms with van der Waals surface area (Å²) < 4.78 is 40.3. The van der Waals surface area contributed by atoms with Gasteiger partial charge in [0.1, 0.15) is 0 Å². The Morgan fingerprint density at radius 3 is 2.39 bits per heavy atom. The number of halogens is 4. The van der Waals surface area contributed by atoms with Crippen LogP contribution in [0.1, 0.15) is 6.92 Å². The summed E-state index contributed by atoms with van der Waals surface area (Å²) in [5, 5.41) is -0.475. The van der Waals surface area contributed by atoms with Gasteiger partial charge in [-0.05, 0) is 43.3 Å². The van der Waals surface area contributed by atoms with E-state index in [2.05, 4.69) is 26.8 Å². The molecule has 2 rings (SSSR count). The van der Waals surface area contributed by atoms with E-state index < -0.39 is 28.6 Å². The average Bonchev–Trinajstić information content (AvgIpc) is 2.53. The summed E-state index contributed by atoms with van der Waals surface area (Å²) >= 11 is 4.62. The molecule has 1 atom stereocenters. The molecule has 0 heterocycles. The molecule has 8 heteroatoms. The summed E-state index contributed by atoms with van der Waals surface area (Å²) in [5.74, 6) is -4.71. The van der Waals surface area contributed by atoms with E-state index >= 15 is 0 Å². The Balaban J connectivity index is 1.94. The van der Waals surface area contributed by atoms with Crippen molar-refractivity contribution in [2.75, 3.05) is 5.43 Å². The predicted octanol–water partition coefficient (Wildman–Crippen LogP) is 4.49. The molecule has 1 amide bonds. The summed E-state index contributed by atoms with van der Waals surface area (Å²) in [7, 11) is 0. The van der Waals surface area contributed by atoms with Crippen LogP contribution < -0.4 is 10.9 Å². The van der Waals surface area contributed by atoms with Gasteiger partial charge in [-0.15, -0.1) is 11.8 Å². The van der Waals surface area contributed by atoms with Crippen LogP contribution in [0, 0.1) is 17.5 Å². The molecule has 2 N–H and O–H groups in total. The molecular weight excluding hydrogens is 393 g/mol. The van der Waals surface area contributed by atoms with Gasteiger partial charge in [0.15, 0.2) is 17.5 Å². The second kappa shape index (κ2) is 7.74. The first-order chi connectivity index (χ1) is 10.9. The molecule has 0 saturated carbocycles. The first kappa shape index (κ1) is 17.7. The maximum absolute atomic E-state index is 13.5. The predicted molar refractivity (Wildman–Crippen MR) is 87.5 cm³/mol. The molecular formula is C15H12BrF3N2OS. The van der Waals surface area contributed by atoms with Crippen LogP contribution in [-0.4, -0.2) is 11.2 Å². The Labute approximate surface area is 143 Å². The number of hydrogen-bond acceptors (Lipinski definition) is 3. The quantitative estimate of drug-likeness (QED) is 0.438. The Morgan fingerprint density at radius 2 is 1.74 bits per heavy atom. The lowest BCUT2D eigenvalue weighted by atomic mass is 10.3. The number of carbonyl (C=O) groups is 1. The minimum Gasteiger partial charge on any atom is -0.295 e. The Morgan fingerprint density at radius 1 is 1.09 bits per heavy atom. The van der Waals surface area contributed by atoms with Gasteiger partial charge >= 0.3 is 0 Å². The third-order valence-electron chi connectivity index (χ3n) is 2.85. The summed E-state index contributed by atoms with van der Waals surface area (Å²) in [6.07, 6.45) is 0. The highest BCUT2D eigenvalue weighted by Crippen LogP contribution is 2.25. The van der Waals surface area contributed by atoms with Gasteiger partial charge < -0.3 is 0 Å². The second-order valence-corrected chi connectivity index (χ2v) is 6.88. The highest BCUT2D eigenvalue weighted by Gasteiger charge is 2.17. The number of thioether (sulfide) groups is 1. The minimum atomic E-state index is -1.60. The van der Waals surface area contributed by atoms with Crippen molar-refractivity contribution in [1.29, 1.82) is 0 Å². The first-order valence-electron chi connectivity index (χ1n) is 6.50. The van der Waals surface area contributed by atoms with E-state index in [1.807, 2.05) is 24.3 Å². The van der Waals surface area contributed by atoms with Crippen molar-refractivity contribution in [2.45, 2.75) is 17.1 Å². The summed E-state index contributed by atoms with van der Waals surface area (Å²) in [5.41, 5.74) is 4.18. The van der Waals surface area contributed by atoms with E-state index in [1.54, 1.807) is 6.92 Å².